The molecule has 0 unspecified atom stereocenters. The molecule has 0 atom stereocenters. The van der Waals surface area contributed by atoms with Gasteiger partial charge in [-0.15, -0.1) is 0 Å². The summed E-state index contributed by atoms with van der Waals surface area (Å²) < 4.78 is 5.10. The van der Waals surface area contributed by atoms with Gasteiger partial charge in [-0.25, -0.2) is 0 Å². The zero-order valence-electron chi connectivity index (χ0n) is 11.2. The van der Waals surface area contributed by atoms with Gasteiger partial charge in [0.1, 0.15) is 5.75 Å². The summed E-state index contributed by atoms with van der Waals surface area (Å²) in [5, 5.41) is 11.4. The summed E-state index contributed by atoms with van der Waals surface area (Å²) in [6.45, 7) is 9.04. The van der Waals surface area contributed by atoms with Crippen LogP contribution >= 0.6 is 0 Å². The molecular formula is C13H20N2O3. The van der Waals surface area contributed by atoms with Gasteiger partial charge in [-0.2, -0.15) is 0 Å². The fourth-order valence-electron chi connectivity index (χ4n) is 1.29. The number of benzene rings is 1. The molecule has 0 aliphatic heterocycles. The van der Waals surface area contributed by atoms with E-state index in [9.17, 15) is 4.79 Å². The lowest BCUT2D eigenvalue weighted by molar-refractivity contribution is -0.114. The number of ether oxygens (including phenoxy) is 1. The molecule has 0 radical (unpaired) electrons. The molecule has 0 spiro atoms. The Bertz CT molecular complexity index is 417. The molecule has 0 aliphatic rings. The molecule has 0 aromatic heterocycles. The third-order valence-electron chi connectivity index (χ3n) is 1.98. The first-order valence-electron chi connectivity index (χ1n) is 5.63. The Balaban J connectivity index is 0.00000137. The number of rotatable bonds is 4. The molecule has 3 N–H and O–H groups in total. The van der Waals surface area contributed by atoms with Crippen molar-refractivity contribution in [3.63, 3.8) is 0 Å². The van der Waals surface area contributed by atoms with Crippen LogP contribution in [-0.2, 0) is 4.79 Å². The van der Waals surface area contributed by atoms with E-state index in [1.54, 1.807) is 18.2 Å². The van der Waals surface area contributed by atoms with Crippen molar-refractivity contribution < 1.29 is 14.7 Å². The van der Waals surface area contributed by atoms with E-state index < -0.39 is 0 Å². The van der Waals surface area contributed by atoms with E-state index >= 15 is 0 Å². The van der Waals surface area contributed by atoms with Crippen LogP contribution in [0.25, 0.3) is 5.70 Å². The van der Waals surface area contributed by atoms with Crippen molar-refractivity contribution in [1.82, 2.24) is 5.48 Å². The lowest BCUT2D eigenvalue weighted by Gasteiger charge is -2.12. The van der Waals surface area contributed by atoms with Crippen LogP contribution in [0.15, 0.2) is 24.8 Å². The zero-order valence-corrected chi connectivity index (χ0v) is 11.2. The van der Waals surface area contributed by atoms with E-state index in [2.05, 4.69) is 11.9 Å². The summed E-state index contributed by atoms with van der Waals surface area (Å²) in [6, 6.07) is 5.04. The Kier molecular flexibility index (Phi) is 7.23. The van der Waals surface area contributed by atoms with Crippen molar-refractivity contribution >= 4 is 17.3 Å². The summed E-state index contributed by atoms with van der Waals surface area (Å²) in [6.07, 6.45) is 0. The highest BCUT2D eigenvalue weighted by Crippen LogP contribution is 2.26. The first kappa shape index (κ1) is 16.0. The standard InChI is InChI=1S/C11H14N2O3.C2H6/c1-7(13-15)10-6-9(12-8(2)14)4-5-11(10)16-3;1-2/h4-6,13,15H,1H2,2-3H3,(H,12,14);1-2H3. The molecule has 5 heteroatoms. The second-order valence-electron chi connectivity index (χ2n) is 3.19. The van der Waals surface area contributed by atoms with Crippen molar-refractivity contribution in [3.05, 3.63) is 30.3 Å². The molecule has 1 aromatic rings. The molecule has 0 fully saturated rings. The van der Waals surface area contributed by atoms with Gasteiger partial charge >= 0.3 is 0 Å². The van der Waals surface area contributed by atoms with Crippen molar-refractivity contribution in [2.45, 2.75) is 20.8 Å². The number of methoxy groups -OCH3 is 1. The van der Waals surface area contributed by atoms with Gasteiger partial charge in [0.15, 0.2) is 0 Å². The number of amides is 1. The Morgan fingerprint density at radius 1 is 1.39 bits per heavy atom. The normalized spacial score (nSPS) is 8.72. The van der Waals surface area contributed by atoms with E-state index in [4.69, 9.17) is 9.94 Å². The van der Waals surface area contributed by atoms with Gasteiger partial charge in [0.2, 0.25) is 5.91 Å². The highest BCUT2D eigenvalue weighted by molar-refractivity contribution is 5.89. The summed E-state index contributed by atoms with van der Waals surface area (Å²) in [4.78, 5) is 10.9. The minimum absolute atomic E-state index is 0.168. The van der Waals surface area contributed by atoms with Crippen LogP contribution in [0.4, 0.5) is 5.69 Å². The average molecular weight is 252 g/mol. The summed E-state index contributed by atoms with van der Waals surface area (Å²) in [7, 11) is 1.52. The van der Waals surface area contributed by atoms with Gasteiger partial charge in [0.05, 0.1) is 12.8 Å². The van der Waals surface area contributed by atoms with Crippen LogP contribution in [0, 0.1) is 0 Å². The van der Waals surface area contributed by atoms with Gasteiger partial charge in [-0.1, -0.05) is 20.4 Å². The van der Waals surface area contributed by atoms with Crippen molar-refractivity contribution in [2.24, 2.45) is 0 Å². The molecule has 0 saturated carbocycles. The molecule has 1 aromatic carbocycles. The molecule has 18 heavy (non-hydrogen) atoms. The number of carbonyl (C=O) groups excluding carboxylic acids is 1. The van der Waals surface area contributed by atoms with Crippen molar-refractivity contribution in [2.75, 3.05) is 12.4 Å². The smallest absolute Gasteiger partial charge is 0.221 e. The molecule has 0 aliphatic carbocycles. The van der Waals surface area contributed by atoms with E-state index in [1.807, 2.05) is 19.3 Å². The summed E-state index contributed by atoms with van der Waals surface area (Å²) in [5.41, 5.74) is 3.44. The lowest BCUT2D eigenvalue weighted by Crippen LogP contribution is -2.09. The van der Waals surface area contributed by atoms with Gasteiger partial charge < -0.3 is 10.1 Å². The van der Waals surface area contributed by atoms with Gasteiger partial charge in [-0.3, -0.25) is 15.5 Å². The van der Waals surface area contributed by atoms with E-state index in [0.29, 0.717) is 22.7 Å². The van der Waals surface area contributed by atoms with Crippen molar-refractivity contribution in [1.29, 1.82) is 0 Å². The van der Waals surface area contributed by atoms with Crippen LogP contribution < -0.4 is 15.5 Å². The van der Waals surface area contributed by atoms with E-state index in [0.717, 1.165) is 0 Å². The maximum absolute atomic E-state index is 10.9. The number of nitrogens with one attached hydrogen (secondary N) is 2. The summed E-state index contributed by atoms with van der Waals surface area (Å²) >= 11 is 0. The highest BCUT2D eigenvalue weighted by Gasteiger charge is 2.08. The summed E-state index contributed by atoms with van der Waals surface area (Å²) in [5.74, 6) is 0.388. The zero-order chi connectivity index (χ0) is 14.1. The quantitative estimate of drug-likeness (QED) is 0.720. The second kappa shape index (κ2) is 8.14. The number of hydrogen-bond acceptors (Lipinski definition) is 4. The monoisotopic (exact) mass is 252 g/mol. The highest BCUT2D eigenvalue weighted by atomic mass is 16.5. The van der Waals surface area contributed by atoms with Crippen LogP contribution in [0.1, 0.15) is 26.3 Å². The molecule has 0 heterocycles. The Morgan fingerprint density at radius 2 is 2.00 bits per heavy atom. The maximum atomic E-state index is 10.9. The number of hydrogen-bond donors (Lipinski definition) is 3. The third-order valence-corrected chi connectivity index (χ3v) is 1.98. The third kappa shape index (κ3) is 4.47. The second-order valence-corrected chi connectivity index (χ2v) is 3.19. The largest absolute Gasteiger partial charge is 0.496 e. The molecule has 0 bridgehead atoms. The predicted molar refractivity (Wildman–Crippen MR) is 72.6 cm³/mol. The van der Waals surface area contributed by atoms with Crippen LogP contribution in [0.3, 0.4) is 0 Å². The van der Waals surface area contributed by atoms with Gasteiger partial charge in [0.25, 0.3) is 0 Å². The van der Waals surface area contributed by atoms with Crippen LogP contribution in [0.2, 0.25) is 0 Å². The average Bonchev–Trinajstić information content (AvgIpc) is 2.39. The number of hydroxylamine groups is 1. The van der Waals surface area contributed by atoms with Crippen LogP contribution in [-0.4, -0.2) is 18.2 Å². The van der Waals surface area contributed by atoms with Crippen LogP contribution in [0.5, 0.6) is 5.75 Å². The number of carbonyl (C=O) groups is 1. The minimum Gasteiger partial charge on any atom is -0.496 e. The Morgan fingerprint density at radius 3 is 2.44 bits per heavy atom. The Hall–Kier alpha value is -2.01. The van der Waals surface area contributed by atoms with Crippen molar-refractivity contribution in [3.8, 4) is 5.75 Å². The molecular weight excluding hydrogens is 232 g/mol. The first-order valence-corrected chi connectivity index (χ1v) is 5.63. The topological polar surface area (TPSA) is 70.6 Å². The molecule has 100 valence electrons. The van der Waals surface area contributed by atoms with Gasteiger partial charge in [0, 0.05) is 18.2 Å². The minimum atomic E-state index is -0.168. The van der Waals surface area contributed by atoms with Gasteiger partial charge in [-0.05, 0) is 18.2 Å². The number of anilines is 1. The van der Waals surface area contributed by atoms with E-state index in [1.165, 1.54) is 14.0 Å². The van der Waals surface area contributed by atoms with E-state index in [-0.39, 0.29) is 5.91 Å². The first-order chi connectivity index (χ1) is 8.58. The molecule has 1 amide bonds. The lowest BCUT2D eigenvalue weighted by atomic mass is 10.1. The molecule has 5 nitrogen and oxygen atoms in total. The fourth-order valence-corrected chi connectivity index (χ4v) is 1.29. The maximum Gasteiger partial charge on any atom is 0.221 e. The Labute approximate surface area is 107 Å². The molecule has 0 saturated heterocycles. The predicted octanol–water partition coefficient (Wildman–Crippen LogP) is 2.63. The molecule has 1 rings (SSSR count). The SMILES string of the molecule is C=C(NO)c1cc(NC(C)=O)ccc1OC.CC. The fraction of sp³-hybridized carbons (Fsp3) is 0.308.